The van der Waals surface area contributed by atoms with Crippen LogP contribution in [0.25, 0.3) is 0 Å². The maximum Gasteiger partial charge on any atom is 0.168 e. The minimum absolute atomic E-state index is 0.0663. The number of aliphatic hydroxyl groups excluding tert-OH is 1. The Morgan fingerprint density at radius 3 is 2.78 bits per heavy atom. The number of allylic oxidation sites excluding steroid dienone is 2. The van der Waals surface area contributed by atoms with Gasteiger partial charge in [-0.25, -0.2) is 9.98 Å². The van der Waals surface area contributed by atoms with Crippen molar-refractivity contribution in [2.45, 2.75) is 26.7 Å². The quantitative estimate of drug-likeness (QED) is 0.813. The number of ketones is 1. The summed E-state index contributed by atoms with van der Waals surface area (Å²) in [6.45, 7) is 3.93. The number of hydrogen-bond donors (Lipinski definition) is 1. The predicted octanol–water partition coefficient (Wildman–Crippen LogP) is 2.99. The summed E-state index contributed by atoms with van der Waals surface area (Å²) in [5, 5.41) is 9.90. The lowest BCUT2D eigenvalue weighted by Gasteiger charge is -2.28. The number of carbonyl (C=O) groups is 1. The Bertz CT molecular complexity index is 516. The van der Waals surface area contributed by atoms with Gasteiger partial charge in [-0.2, -0.15) is 0 Å². The molecule has 1 aromatic rings. The molecule has 1 aliphatic rings. The lowest BCUT2D eigenvalue weighted by atomic mass is 9.77. The van der Waals surface area contributed by atoms with Crippen LogP contribution >= 0.6 is 0 Å². The Morgan fingerprint density at radius 2 is 2.17 bits per heavy atom. The minimum Gasteiger partial charge on any atom is -0.511 e. The third-order valence-electron chi connectivity index (χ3n) is 2.87. The average Bonchev–Trinajstić information content (AvgIpc) is 2.27. The third-order valence-corrected chi connectivity index (χ3v) is 2.87. The van der Waals surface area contributed by atoms with Gasteiger partial charge >= 0.3 is 0 Å². The molecule has 4 nitrogen and oxygen atoms in total. The first-order valence-electron chi connectivity index (χ1n) is 5.88. The molecule has 4 heteroatoms. The highest BCUT2D eigenvalue weighted by molar-refractivity contribution is 6.14. The second kappa shape index (κ2) is 4.72. The van der Waals surface area contributed by atoms with Crippen molar-refractivity contribution in [3.8, 4) is 0 Å². The average molecular weight is 244 g/mol. The number of hydrogen-bond acceptors (Lipinski definition) is 4. The summed E-state index contributed by atoms with van der Waals surface area (Å²) >= 11 is 0. The highest BCUT2D eigenvalue weighted by atomic mass is 16.3. The highest BCUT2D eigenvalue weighted by Gasteiger charge is 2.32. The van der Waals surface area contributed by atoms with Crippen molar-refractivity contribution in [3.63, 3.8) is 0 Å². The van der Waals surface area contributed by atoms with E-state index >= 15 is 0 Å². The van der Waals surface area contributed by atoms with Gasteiger partial charge in [0.15, 0.2) is 11.6 Å². The van der Waals surface area contributed by atoms with Crippen molar-refractivity contribution in [2.24, 2.45) is 10.4 Å². The maximum atomic E-state index is 11.9. The van der Waals surface area contributed by atoms with Crippen LogP contribution in [0.4, 0.5) is 5.82 Å². The van der Waals surface area contributed by atoms with Crippen LogP contribution in [0.15, 0.2) is 40.7 Å². The van der Waals surface area contributed by atoms with E-state index in [2.05, 4.69) is 9.98 Å². The number of rotatable bonds is 2. The molecule has 94 valence electrons. The van der Waals surface area contributed by atoms with Gasteiger partial charge in [-0.3, -0.25) is 4.79 Å². The number of aromatic nitrogens is 1. The molecule has 0 saturated carbocycles. The van der Waals surface area contributed by atoms with Gasteiger partial charge in [-0.05, 0) is 17.5 Å². The zero-order valence-corrected chi connectivity index (χ0v) is 10.6. The Labute approximate surface area is 106 Å². The fourth-order valence-corrected chi connectivity index (χ4v) is 2.01. The Morgan fingerprint density at radius 1 is 1.39 bits per heavy atom. The summed E-state index contributed by atoms with van der Waals surface area (Å²) in [5.41, 5.74) is 0.128. The van der Waals surface area contributed by atoms with Gasteiger partial charge in [0.25, 0.3) is 0 Å². The van der Waals surface area contributed by atoms with Gasteiger partial charge in [0.05, 0.1) is 5.57 Å². The molecule has 0 saturated heterocycles. The summed E-state index contributed by atoms with van der Waals surface area (Å²) in [6, 6.07) is 5.36. The molecular formula is C14H16N2O2. The standard InChI is InChI=1S/C14H16N2O2/c1-14(2)7-11(17)10(12(18)8-14)9-16-13-5-3-4-6-15-13/h3-6,9,17H,7-8H2,1-2H3. The monoisotopic (exact) mass is 244 g/mol. The Balaban J connectivity index is 2.24. The molecule has 1 N–H and O–H groups in total. The molecule has 0 spiro atoms. The zero-order valence-electron chi connectivity index (χ0n) is 10.6. The van der Waals surface area contributed by atoms with Crippen LogP contribution in [0.5, 0.6) is 0 Å². The highest BCUT2D eigenvalue weighted by Crippen LogP contribution is 2.35. The summed E-state index contributed by atoms with van der Waals surface area (Å²) in [5.74, 6) is 0.579. The van der Waals surface area contributed by atoms with Crippen molar-refractivity contribution in [1.29, 1.82) is 0 Å². The van der Waals surface area contributed by atoms with Crippen LogP contribution in [0, 0.1) is 5.41 Å². The molecule has 1 aromatic heterocycles. The van der Waals surface area contributed by atoms with Gasteiger partial charge < -0.3 is 5.11 Å². The van der Waals surface area contributed by atoms with E-state index in [1.54, 1.807) is 18.3 Å². The lowest BCUT2D eigenvalue weighted by Crippen LogP contribution is -2.26. The van der Waals surface area contributed by atoms with E-state index in [0.29, 0.717) is 24.2 Å². The van der Waals surface area contributed by atoms with Gasteiger partial charge in [0.1, 0.15) is 5.76 Å². The van der Waals surface area contributed by atoms with Crippen LogP contribution < -0.4 is 0 Å². The van der Waals surface area contributed by atoms with Crippen LogP contribution in [0.2, 0.25) is 0 Å². The topological polar surface area (TPSA) is 62.5 Å². The van der Waals surface area contributed by atoms with Gasteiger partial charge in [-0.15, -0.1) is 0 Å². The maximum absolute atomic E-state index is 11.9. The smallest absolute Gasteiger partial charge is 0.168 e. The zero-order chi connectivity index (χ0) is 13.2. The van der Waals surface area contributed by atoms with Gasteiger partial charge in [-0.1, -0.05) is 19.9 Å². The van der Waals surface area contributed by atoms with E-state index in [1.807, 2.05) is 19.9 Å². The fraction of sp³-hybridized carbons (Fsp3) is 0.357. The first kappa shape index (κ1) is 12.5. The van der Waals surface area contributed by atoms with E-state index in [9.17, 15) is 9.90 Å². The van der Waals surface area contributed by atoms with E-state index in [1.165, 1.54) is 6.21 Å². The normalized spacial score (nSPS) is 19.6. The molecule has 1 heterocycles. The molecule has 1 aliphatic carbocycles. The third kappa shape index (κ3) is 2.83. The Hall–Kier alpha value is -1.97. The van der Waals surface area contributed by atoms with Crippen LogP contribution in [-0.4, -0.2) is 22.1 Å². The first-order chi connectivity index (χ1) is 8.48. The summed E-state index contributed by atoms with van der Waals surface area (Å²) < 4.78 is 0. The lowest BCUT2D eigenvalue weighted by molar-refractivity contribution is -0.117. The van der Waals surface area contributed by atoms with Crippen LogP contribution in [0.3, 0.4) is 0 Å². The molecular weight excluding hydrogens is 228 g/mol. The predicted molar refractivity (Wildman–Crippen MR) is 70.1 cm³/mol. The number of carbonyl (C=O) groups excluding carboxylic acids is 1. The van der Waals surface area contributed by atoms with Crippen molar-refractivity contribution in [2.75, 3.05) is 0 Å². The molecule has 18 heavy (non-hydrogen) atoms. The SMILES string of the molecule is CC1(C)CC(=O)C(C=Nc2ccccn2)=C(O)C1. The molecule has 0 unspecified atom stereocenters. The second-order valence-electron chi connectivity index (χ2n) is 5.25. The Kier molecular flexibility index (Phi) is 3.28. The summed E-state index contributed by atoms with van der Waals surface area (Å²) in [7, 11) is 0. The van der Waals surface area contributed by atoms with E-state index in [4.69, 9.17) is 0 Å². The molecule has 0 aromatic carbocycles. The van der Waals surface area contributed by atoms with E-state index in [-0.39, 0.29) is 17.0 Å². The fourth-order valence-electron chi connectivity index (χ4n) is 2.01. The summed E-state index contributed by atoms with van der Waals surface area (Å²) in [6.07, 6.45) is 3.98. The van der Waals surface area contributed by atoms with Crippen molar-refractivity contribution < 1.29 is 9.90 Å². The number of nitrogens with zero attached hydrogens (tertiary/aromatic N) is 2. The minimum atomic E-state index is -0.177. The van der Waals surface area contributed by atoms with Crippen molar-refractivity contribution >= 4 is 17.8 Å². The molecule has 0 fully saturated rings. The van der Waals surface area contributed by atoms with Crippen LogP contribution in [0.1, 0.15) is 26.7 Å². The number of aliphatic hydroxyl groups is 1. The second-order valence-corrected chi connectivity index (χ2v) is 5.25. The molecule has 0 amide bonds. The van der Waals surface area contributed by atoms with Crippen LogP contribution in [-0.2, 0) is 4.79 Å². The molecule has 0 bridgehead atoms. The number of pyridine rings is 1. The molecule has 0 aliphatic heterocycles. The van der Waals surface area contributed by atoms with E-state index < -0.39 is 0 Å². The molecule has 0 radical (unpaired) electrons. The van der Waals surface area contributed by atoms with E-state index in [0.717, 1.165) is 0 Å². The number of aliphatic imine (C=N–C) groups is 1. The number of Topliss-reactive ketones (excluding diaryl/α,β-unsaturated/α-hetero) is 1. The van der Waals surface area contributed by atoms with Crippen molar-refractivity contribution in [3.05, 3.63) is 35.7 Å². The first-order valence-corrected chi connectivity index (χ1v) is 5.88. The van der Waals surface area contributed by atoms with Crippen molar-refractivity contribution in [1.82, 2.24) is 4.98 Å². The molecule has 2 rings (SSSR count). The molecule has 0 atom stereocenters. The largest absolute Gasteiger partial charge is 0.511 e. The van der Waals surface area contributed by atoms with Gasteiger partial charge in [0, 0.05) is 25.3 Å². The summed E-state index contributed by atoms with van der Waals surface area (Å²) in [4.78, 5) is 20.0. The van der Waals surface area contributed by atoms with Gasteiger partial charge in [0.2, 0.25) is 0 Å².